The molecular weight excluding hydrogens is 226 g/mol. The smallest absolute Gasteiger partial charge is 0.0420 e. The normalized spacial score (nSPS) is 25.9. The second-order valence-corrected chi connectivity index (χ2v) is 6.13. The van der Waals surface area contributed by atoms with Gasteiger partial charge >= 0.3 is 0 Å². The van der Waals surface area contributed by atoms with Crippen LogP contribution >= 0.6 is 11.3 Å². The lowest BCUT2D eigenvalue weighted by Crippen LogP contribution is -2.38. The second kappa shape index (κ2) is 4.43. The summed E-state index contributed by atoms with van der Waals surface area (Å²) in [5.74, 6) is 0. The monoisotopic (exact) mass is 245 g/mol. The van der Waals surface area contributed by atoms with Gasteiger partial charge in [-0.2, -0.15) is 0 Å². The van der Waals surface area contributed by atoms with E-state index in [1.54, 1.807) is 0 Å². The number of hydrogen-bond acceptors (Lipinski definition) is 2. The van der Waals surface area contributed by atoms with Crippen LogP contribution in [0.3, 0.4) is 0 Å². The minimum atomic E-state index is 0.168. The molecule has 0 saturated carbocycles. The van der Waals surface area contributed by atoms with Gasteiger partial charge in [-0.25, -0.2) is 0 Å². The first-order valence-electron chi connectivity index (χ1n) is 6.51. The van der Waals surface area contributed by atoms with Gasteiger partial charge in [0.25, 0.3) is 0 Å². The van der Waals surface area contributed by atoms with E-state index in [-0.39, 0.29) is 5.54 Å². The third-order valence-electron chi connectivity index (χ3n) is 3.94. The lowest BCUT2D eigenvalue weighted by molar-refractivity contribution is 0.363. The molecule has 3 rings (SSSR count). The Morgan fingerprint density at radius 3 is 3.06 bits per heavy atom. The number of rotatable bonds is 1. The van der Waals surface area contributed by atoms with Crippen LogP contribution in [0, 0.1) is 0 Å². The van der Waals surface area contributed by atoms with Crippen molar-refractivity contribution in [2.75, 3.05) is 6.54 Å². The predicted octanol–water partition coefficient (Wildman–Crippen LogP) is 4.28. The Balaban J connectivity index is 2.09. The molecule has 1 saturated heterocycles. The largest absolute Gasteiger partial charge is 0.308 e. The molecule has 2 heteroatoms. The zero-order valence-corrected chi connectivity index (χ0v) is 11.1. The van der Waals surface area contributed by atoms with Crippen molar-refractivity contribution in [1.82, 2.24) is 5.32 Å². The molecule has 1 aliphatic heterocycles. The van der Waals surface area contributed by atoms with Crippen LogP contribution in [0.4, 0.5) is 0 Å². The summed E-state index contributed by atoms with van der Waals surface area (Å²) in [6, 6.07) is 8.94. The molecule has 0 radical (unpaired) electrons. The van der Waals surface area contributed by atoms with Gasteiger partial charge in [0, 0.05) is 10.2 Å². The van der Waals surface area contributed by atoms with Crippen LogP contribution in [-0.2, 0) is 5.54 Å². The van der Waals surface area contributed by atoms with Crippen LogP contribution in [0.2, 0.25) is 0 Å². The number of benzene rings is 1. The van der Waals surface area contributed by atoms with Crippen LogP contribution in [0.1, 0.15) is 38.2 Å². The summed E-state index contributed by atoms with van der Waals surface area (Å²) < 4.78 is 1.46. The van der Waals surface area contributed by atoms with E-state index in [0.717, 1.165) is 6.54 Å². The summed E-state index contributed by atoms with van der Waals surface area (Å²) in [6.07, 6.45) is 5.27. The van der Waals surface area contributed by atoms with Crippen molar-refractivity contribution < 1.29 is 0 Å². The zero-order chi connectivity index (χ0) is 11.7. The second-order valence-electron chi connectivity index (χ2n) is 5.21. The molecule has 2 heterocycles. The van der Waals surface area contributed by atoms with Crippen molar-refractivity contribution in [2.45, 2.75) is 38.1 Å². The molecule has 1 fully saturated rings. The van der Waals surface area contributed by atoms with Crippen LogP contribution in [-0.4, -0.2) is 6.54 Å². The molecule has 17 heavy (non-hydrogen) atoms. The SMILES string of the molecule is CC1(c2cccc3ccsc23)CCCCCN1. The van der Waals surface area contributed by atoms with E-state index in [1.807, 2.05) is 11.3 Å². The van der Waals surface area contributed by atoms with Crippen molar-refractivity contribution in [3.63, 3.8) is 0 Å². The standard InChI is InChI=1S/C15H19NS/c1-15(9-3-2-4-10-16-15)13-7-5-6-12-8-11-17-14(12)13/h5-8,11,16H,2-4,9-10H2,1H3. The minimum absolute atomic E-state index is 0.168. The Morgan fingerprint density at radius 1 is 1.18 bits per heavy atom. The Morgan fingerprint density at radius 2 is 2.12 bits per heavy atom. The molecule has 2 aromatic rings. The minimum Gasteiger partial charge on any atom is -0.308 e. The maximum absolute atomic E-state index is 3.76. The van der Waals surface area contributed by atoms with Crippen molar-refractivity contribution in [3.8, 4) is 0 Å². The van der Waals surface area contributed by atoms with E-state index < -0.39 is 0 Å². The number of thiophene rings is 1. The average Bonchev–Trinajstić information content (AvgIpc) is 2.71. The van der Waals surface area contributed by atoms with Gasteiger partial charge < -0.3 is 5.32 Å². The third-order valence-corrected chi connectivity index (χ3v) is 4.91. The van der Waals surface area contributed by atoms with Gasteiger partial charge in [0.15, 0.2) is 0 Å². The summed E-state index contributed by atoms with van der Waals surface area (Å²) in [4.78, 5) is 0. The fourth-order valence-electron chi connectivity index (χ4n) is 2.89. The van der Waals surface area contributed by atoms with Crippen molar-refractivity contribution in [2.24, 2.45) is 0 Å². The van der Waals surface area contributed by atoms with Gasteiger partial charge in [0.2, 0.25) is 0 Å². The van der Waals surface area contributed by atoms with Gasteiger partial charge in [0.05, 0.1) is 0 Å². The molecule has 1 aromatic heterocycles. The topological polar surface area (TPSA) is 12.0 Å². The highest BCUT2D eigenvalue weighted by Gasteiger charge is 2.28. The highest BCUT2D eigenvalue weighted by atomic mass is 32.1. The highest BCUT2D eigenvalue weighted by Crippen LogP contribution is 2.36. The fraction of sp³-hybridized carbons (Fsp3) is 0.467. The lowest BCUT2D eigenvalue weighted by Gasteiger charge is -2.30. The molecular formula is C15H19NS. The number of nitrogens with one attached hydrogen (secondary N) is 1. The molecule has 1 nitrogen and oxygen atoms in total. The van der Waals surface area contributed by atoms with Gasteiger partial charge in [0.1, 0.15) is 0 Å². The van der Waals surface area contributed by atoms with Gasteiger partial charge in [-0.3, -0.25) is 0 Å². The first-order chi connectivity index (χ1) is 8.30. The van der Waals surface area contributed by atoms with E-state index in [4.69, 9.17) is 0 Å². The number of hydrogen-bond donors (Lipinski definition) is 1. The maximum Gasteiger partial charge on any atom is 0.0420 e. The van der Waals surface area contributed by atoms with E-state index in [1.165, 1.54) is 41.3 Å². The van der Waals surface area contributed by atoms with Gasteiger partial charge in [-0.05, 0) is 48.7 Å². The lowest BCUT2D eigenvalue weighted by atomic mass is 9.87. The van der Waals surface area contributed by atoms with Crippen LogP contribution in [0.25, 0.3) is 10.1 Å². The molecule has 1 aliphatic rings. The quantitative estimate of drug-likeness (QED) is 0.790. The van der Waals surface area contributed by atoms with Crippen molar-refractivity contribution in [3.05, 3.63) is 35.2 Å². The van der Waals surface area contributed by atoms with Crippen LogP contribution in [0.15, 0.2) is 29.6 Å². The molecule has 90 valence electrons. The molecule has 0 amide bonds. The summed E-state index contributed by atoms with van der Waals surface area (Å²) in [7, 11) is 0. The van der Waals surface area contributed by atoms with E-state index in [2.05, 4.69) is 41.9 Å². The van der Waals surface area contributed by atoms with E-state index >= 15 is 0 Å². The Kier molecular flexibility index (Phi) is 2.93. The molecule has 0 bridgehead atoms. The van der Waals surface area contributed by atoms with Crippen molar-refractivity contribution >= 4 is 21.4 Å². The van der Waals surface area contributed by atoms with Crippen LogP contribution < -0.4 is 5.32 Å². The molecule has 1 atom stereocenters. The predicted molar refractivity (Wildman–Crippen MR) is 75.6 cm³/mol. The average molecular weight is 245 g/mol. The first kappa shape index (κ1) is 11.2. The maximum atomic E-state index is 3.76. The Hall–Kier alpha value is -0.860. The molecule has 0 spiro atoms. The van der Waals surface area contributed by atoms with Gasteiger partial charge in [-0.15, -0.1) is 11.3 Å². The van der Waals surface area contributed by atoms with Gasteiger partial charge in [-0.1, -0.05) is 31.0 Å². The molecule has 1 aromatic carbocycles. The molecule has 0 aliphatic carbocycles. The number of fused-ring (bicyclic) bond motifs is 1. The fourth-order valence-corrected chi connectivity index (χ4v) is 3.93. The zero-order valence-electron chi connectivity index (χ0n) is 10.3. The summed E-state index contributed by atoms with van der Waals surface area (Å²) in [5.41, 5.74) is 1.66. The Labute approximate surface area is 107 Å². The summed E-state index contributed by atoms with van der Waals surface area (Å²) in [6.45, 7) is 3.52. The van der Waals surface area contributed by atoms with E-state index in [9.17, 15) is 0 Å². The van der Waals surface area contributed by atoms with Crippen LogP contribution in [0.5, 0.6) is 0 Å². The highest BCUT2D eigenvalue weighted by molar-refractivity contribution is 7.17. The third kappa shape index (κ3) is 2.00. The Bertz CT molecular complexity index is 506. The van der Waals surface area contributed by atoms with Crippen molar-refractivity contribution in [1.29, 1.82) is 0 Å². The molecule has 1 N–H and O–H groups in total. The van der Waals surface area contributed by atoms with E-state index in [0.29, 0.717) is 0 Å². The summed E-state index contributed by atoms with van der Waals surface area (Å²) >= 11 is 1.87. The molecule has 1 unspecified atom stereocenters. The first-order valence-corrected chi connectivity index (χ1v) is 7.39. The summed E-state index contributed by atoms with van der Waals surface area (Å²) in [5, 5.41) is 7.35.